The lowest BCUT2D eigenvalue weighted by molar-refractivity contribution is -0.431. The van der Waals surface area contributed by atoms with Crippen LogP contribution < -0.4 is 10.1 Å². The zero-order valence-electron chi connectivity index (χ0n) is 18.7. The third-order valence-electron chi connectivity index (χ3n) is 4.98. The van der Waals surface area contributed by atoms with Gasteiger partial charge in [-0.2, -0.15) is 0 Å². The van der Waals surface area contributed by atoms with Crippen LogP contribution in [0.15, 0.2) is 47.1 Å². The Kier molecular flexibility index (Phi) is 9.12. The lowest BCUT2D eigenvalue weighted by Gasteiger charge is -2.27. The summed E-state index contributed by atoms with van der Waals surface area (Å²) in [6.07, 6.45) is -1.50. The third-order valence-corrected chi connectivity index (χ3v) is 4.98. The first-order chi connectivity index (χ1) is 15.5. The second kappa shape index (κ2) is 11.6. The fraction of sp³-hybridized carbons (Fsp3) is 0.500. The Labute approximate surface area is 189 Å². The highest BCUT2D eigenvalue weighted by molar-refractivity contribution is 5.63. The zero-order chi connectivity index (χ0) is 24.6. The van der Waals surface area contributed by atoms with E-state index >= 15 is 0 Å². The highest BCUT2D eigenvalue weighted by atomic mass is 19.4. The summed E-state index contributed by atoms with van der Waals surface area (Å²) in [7, 11) is 0. The van der Waals surface area contributed by atoms with Crippen LogP contribution in [0.2, 0.25) is 0 Å². The van der Waals surface area contributed by atoms with Crippen LogP contribution in [-0.2, 0) is 9.47 Å². The van der Waals surface area contributed by atoms with Gasteiger partial charge in [0, 0.05) is 5.56 Å². The van der Waals surface area contributed by atoms with Crippen molar-refractivity contribution in [3.63, 3.8) is 0 Å². The molecule has 8 nitrogen and oxygen atoms in total. The van der Waals surface area contributed by atoms with E-state index in [0.717, 1.165) is 31.7 Å². The first-order valence-corrected chi connectivity index (χ1v) is 10.6. The van der Waals surface area contributed by atoms with Crippen LogP contribution in [0.1, 0.15) is 64.4 Å². The molecule has 1 aromatic rings. The molecule has 0 fully saturated rings. The molecule has 11 heteroatoms. The van der Waals surface area contributed by atoms with Crippen molar-refractivity contribution >= 4 is 6.16 Å². The molecule has 0 saturated carbocycles. The summed E-state index contributed by atoms with van der Waals surface area (Å²) < 4.78 is 53.3. The van der Waals surface area contributed by atoms with Gasteiger partial charge in [0.2, 0.25) is 0 Å². The van der Waals surface area contributed by atoms with Crippen LogP contribution in [-0.4, -0.2) is 24.0 Å². The largest absolute Gasteiger partial charge is 0.573 e. The summed E-state index contributed by atoms with van der Waals surface area (Å²) >= 11 is 0. The summed E-state index contributed by atoms with van der Waals surface area (Å²) in [4.78, 5) is 23.4. The number of carbonyl (C=O) groups excluding carboxylic acids is 1. The number of ether oxygens (including phenoxy) is 3. The number of unbranched alkanes of at least 4 members (excludes halogenated alkanes) is 4. The highest BCUT2D eigenvalue weighted by Gasteiger charge is 2.43. The molecule has 1 N–H and O–H groups in total. The molecule has 0 amide bonds. The quantitative estimate of drug-likeness (QED) is 0.189. The second-order valence-corrected chi connectivity index (χ2v) is 7.51. The fourth-order valence-corrected chi connectivity index (χ4v) is 3.55. The van der Waals surface area contributed by atoms with E-state index in [2.05, 4.69) is 17.0 Å². The van der Waals surface area contributed by atoms with E-state index in [-0.39, 0.29) is 29.3 Å². The number of halogens is 3. The van der Waals surface area contributed by atoms with Gasteiger partial charge in [-0.05, 0) is 26.3 Å². The topological polar surface area (TPSA) is 99.9 Å². The van der Waals surface area contributed by atoms with Crippen LogP contribution in [0, 0.1) is 10.1 Å². The first-order valence-electron chi connectivity index (χ1n) is 10.6. The summed E-state index contributed by atoms with van der Waals surface area (Å²) in [6.45, 7) is 5.07. The summed E-state index contributed by atoms with van der Waals surface area (Å²) in [6, 6.07) is 5.01. The molecule has 0 aliphatic carbocycles. The molecule has 1 atom stereocenters. The van der Waals surface area contributed by atoms with Gasteiger partial charge >= 0.3 is 12.5 Å². The van der Waals surface area contributed by atoms with Gasteiger partial charge in [0.15, 0.2) is 0 Å². The van der Waals surface area contributed by atoms with Gasteiger partial charge in [-0.15, -0.1) is 13.2 Å². The summed E-state index contributed by atoms with van der Waals surface area (Å²) in [5.74, 6) is -2.30. The smallest absolute Gasteiger partial charge is 0.434 e. The van der Waals surface area contributed by atoms with Crippen LogP contribution in [0.5, 0.6) is 5.75 Å². The minimum Gasteiger partial charge on any atom is -0.434 e. The first kappa shape index (κ1) is 26.0. The fourth-order valence-electron chi connectivity index (χ4n) is 3.55. The van der Waals surface area contributed by atoms with Gasteiger partial charge in [-0.3, -0.25) is 10.1 Å². The Morgan fingerprint density at radius 3 is 2.42 bits per heavy atom. The SMILES string of the molecule is CCCCCCCOC(=O)OC1=C(C)NC(C)=C([N+](=O)[O-])C1c1ccccc1OC(F)(F)F. The molecular weight excluding hydrogens is 445 g/mol. The summed E-state index contributed by atoms with van der Waals surface area (Å²) in [5, 5.41) is 14.6. The van der Waals surface area contributed by atoms with Crippen molar-refractivity contribution in [2.24, 2.45) is 0 Å². The van der Waals surface area contributed by atoms with Gasteiger partial charge in [-0.25, -0.2) is 4.79 Å². The average molecular weight is 472 g/mol. The molecule has 182 valence electrons. The van der Waals surface area contributed by atoms with E-state index < -0.39 is 34.8 Å². The molecule has 0 spiro atoms. The van der Waals surface area contributed by atoms with Crippen molar-refractivity contribution < 1.29 is 37.1 Å². The number of benzene rings is 1. The molecular formula is C22H27F3N2O6. The van der Waals surface area contributed by atoms with Crippen molar-refractivity contribution in [2.75, 3.05) is 6.61 Å². The lowest BCUT2D eigenvalue weighted by Crippen LogP contribution is -2.30. The van der Waals surface area contributed by atoms with Crippen molar-refractivity contribution in [3.8, 4) is 5.75 Å². The number of para-hydroxylation sites is 1. The molecule has 2 rings (SSSR count). The maximum absolute atomic E-state index is 13.0. The Hall–Kier alpha value is -3.24. The average Bonchev–Trinajstić information content (AvgIpc) is 2.71. The van der Waals surface area contributed by atoms with Crippen molar-refractivity contribution in [2.45, 2.75) is 65.2 Å². The number of hydrogen-bond donors (Lipinski definition) is 1. The number of dihydropyridines is 1. The van der Waals surface area contributed by atoms with Gasteiger partial charge in [-0.1, -0.05) is 50.8 Å². The molecule has 0 aromatic heterocycles. The molecule has 1 unspecified atom stereocenters. The minimum atomic E-state index is -5.02. The molecule has 0 radical (unpaired) electrons. The van der Waals surface area contributed by atoms with Crippen LogP contribution in [0.25, 0.3) is 0 Å². The Bertz CT molecular complexity index is 927. The lowest BCUT2D eigenvalue weighted by atomic mass is 9.89. The molecule has 0 bridgehead atoms. The minimum absolute atomic E-state index is 0.0949. The Morgan fingerprint density at radius 1 is 1.12 bits per heavy atom. The monoisotopic (exact) mass is 472 g/mol. The zero-order valence-corrected chi connectivity index (χ0v) is 18.7. The van der Waals surface area contributed by atoms with Crippen molar-refractivity contribution in [1.82, 2.24) is 5.32 Å². The van der Waals surface area contributed by atoms with E-state index in [1.54, 1.807) is 0 Å². The number of nitrogens with one attached hydrogen (secondary N) is 1. The molecule has 0 saturated heterocycles. The second-order valence-electron chi connectivity index (χ2n) is 7.51. The van der Waals surface area contributed by atoms with Crippen LogP contribution in [0.3, 0.4) is 0 Å². The maximum atomic E-state index is 13.0. The maximum Gasteiger partial charge on any atom is 0.573 e. The normalized spacial score (nSPS) is 16.4. The van der Waals surface area contributed by atoms with Crippen molar-refractivity contribution in [3.05, 3.63) is 62.8 Å². The van der Waals surface area contributed by atoms with E-state index in [1.807, 2.05) is 0 Å². The van der Waals surface area contributed by atoms with Gasteiger partial charge in [0.05, 0.1) is 22.9 Å². The van der Waals surface area contributed by atoms with E-state index in [4.69, 9.17) is 9.47 Å². The van der Waals surface area contributed by atoms with E-state index in [0.29, 0.717) is 6.42 Å². The van der Waals surface area contributed by atoms with Gasteiger partial charge in [0.25, 0.3) is 5.70 Å². The van der Waals surface area contributed by atoms with Crippen LogP contribution in [0.4, 0.5) is 18.0 Å². The predicted octanol–water partition coefficient (Wildman–Crippen LogP) is 6.14. The molecule has 33 heavy (non-hydrogen) atoms. The number of nitro groups is 1. The number of alkyl halides is 3. The Balaban J connectivity index is 2.33. The van der Waals surface area contributed by atoms with Gasteiger partial charge in [0.1, 0.15) is 17.4 Å². The molecule has 1 aliphatic heterocycles. The number of rotatable bonds is 10. The number of nitrogens with zero attached hydrogens (tertiary/aromatic N) is 1. The molecule has 1 heterocycles. The number of carbonyl (C=O) groups is 1. The van der Waals surface area contributed by atoms with Crippen LogP contribution >= 0.6 is 0 Å². The number of allylic oxidation sites excluding steroid dienone is 2. The predicted molar refractivity (Wildman–Crippen MR) is 113 cm³/mol. The van der Waals surface area contributed by atoms with Crippen molar-refractivity contribution in [1.29, 1.82) is 0 Å². The Morgan fingerprint density at radius 2 is 1.79 bits per heavy atom. The standard InChI is InChI=1S/C22H27F3N2O6/c1-4-5-6-7-10-13-31-21(28)32-20-15(3)26-14(2)19(27(29)30)18(20)16-11-8-9-12-17(16)33-22(23,24)25/h8-9,11-12,18,26H,4-7,10,13H2,1-3H3. The van der Waals surface area contributed by atoms with E-state index in [1.165, 1.54) is 32.0 Å². The van der Waals surface area contributed by atoms with Gasteiger partial charge < -0.3 is 19.5 Å². The van der Waals surface area contributed by atoms with E-state index in [9.17, 15) is 28.1 Å². The third kappa shape index (κ3) is 7.40. The molecule has 1 aromatic carbocycles. The highest BCUT2D eigenvalue weighted by Crippen LogP contribution is 2.43. The number of hydrogen-bond acceptors (Lipinski definition) is 7. The molecule has 1 aliphatic rings. The summed E-state index contributed by atoms with van der Waals surface area (Å²) in [5.41, 5.74) is -0.323.